The summed E-state index contributed by atoms with van der Waals surface area (Å²) in [6.07, 6.45) is 4.82. The molecule has 1 saturated carbocycles. The van der Waals surface area contributed by atoms with E-state index in [0.717, 1.165) is 19.0 Å². The summed E-state index contributed by atoms with van der Waals surface area (Å²) in [7, 11) is -2.00. The third-order valence-corrected chi connectivity index (χ3v) is 6.60. The van der Waals surface area contributed by atoms with Crippen LogP contribution < -0.4 is 10.6 Å². The van der Waals surface area contributed by atoms with E-state index in [0.29, 0.717) is 11.4 Å². The third-order valence-electron chi connectivity index (χ3n) is 4.85. The van der Waals surface area contributed by atoms with Crippen molar-refractivity contribution in [3.63, 3.8) is 0 Å². The van der Waals surface area contributed by atoms with E-state index in [1.54, 1.807) is 7.05 Å². The lowest BCUT2D eigenvalue weighted by Gasteiger charge is -2.41. The molecule has 0 saturated heterocycles. The number of benzene rings is 1. The van der Waals surface area contributed by atoms with Gasteiger partial charge in [0, 0.05) is 20.1 Å². The lowest BCUT2D eigenvalue weighted by atomic mass is 9.67. The van der Waals surface area contributed by atoms with Gasteiger partial charge >= 0.3 is 0 Å². The second kappa shape index (κ2) is 7.96. The fourth-order valence-corrected chi connectivity index (χ4v) is 4.18. The summed E-state index contributed by atoms with van der Waals surface area (Å²) in [5, 5.41) is 6.27. The van der Waals surface area contributed by atoms with Crippen molar-refractivity contribution < 1.29 is 12.8 Å². The maximum Gasteiger partial charge on any atom is 0.191 e. The lowest BCUT2D eigenvalue weighted by molar-refractivity contribution is 0.131. The van der Waals surface area contributed by atoms with Crippen LogP contribution in [0.5, 0.6) is 0 Å². The molecule has 5 nitrogen and oxygen atoms in total. The Morgan fingerprint density at radius 1 is 1.29 bits per heavy atom. The molecule has 134 valence electrons. The SMILES string of the molecule is CCC1(CNC(=NC)NCCS(=O)(=O)c2ccccc2F)CCC1. The average Bonchev–Trinajstić information content (AvgIpc) is 2.52. The van der Waals surface area contributed by atoms with Gasteiger partial charge in [-0.05, 0) is 36.8 Å². The summed E-state index contributed by atoms with van der Waals surface area (Å²) < 4.78 is 38.0. The van der Waals surface area contributed by atoms with Gasteiger partial charge in [-0.25, -0.2) is 12.8 Å². The number of aliphatic imine (C=N–C) groups is 1. The van der Waals surface area contributed by atoms with Crippen LogP contribution in [0.2, 0.25) is 0 Å². The number of halogens is 1. The molecular weight excluding hydrogens is 329 g/mol. The van der Waals surface area contributed by atoms with E-state index in [1.807, 2.05) is 0 Å². The predicted octanol–water partition coefficient (Wildman–Crippen LogP) is 2.34. The molecule has 0 atom stereocenters. The average molecular weight is 355 g/mol. The van der Waals surface area contributed by atoms with E-state index in [9.17, 15) is 12.8 Å². The molecule has 7 heteroatoms. The number of hydrogen-bond donors (Lipinski definition) is 2. The zero-order valence-corrected chi connectivity index (χ0v) is 15.1. The van der Waals surface area contributed by atoms with Crippen molar-refractivity contribution in [3.05, 3.63) is 30.1 Å². The minimum atomic E-state index is -3.66. The highest BCUT2D eigenvalue weighted by atomic mass is 32.2. The summed E-state index contributed by atoms with van der Waals surface area (Å²) in [5.74, 6) is -0.318. The standard InChI is InChI=1S/C17H26FN3O2S/c1-3-17(9-6-10-17)13-21-16(19-2)20-11-12-24(22,23)15-8-5-4-7-14(15)18/h4-5,7-8H,3,6,9-13H2,1-2H3,(H2,19,20,21). The van der Waals surface area contributed by atoms with Crippen LogP contribution in [0.3, 0.4) is 0 Å². The van der Waals surface area contributed by atoms with Crippen LogP contribution in [0.1, 0.15) is 32.6 Å². The molecule has 24 heavy (non-hydrogen) atoms. The Bertz CT molecular complexity index is 679. The third kappa shape index (κ3) is 4.47. The molecule has 0 radical (unpaired) electrons. The Kier molecular flexibility index (Phi) is 6.21. The first-order valence-corrected chi connectivity index (χ1v) is 9.99. The number of sulfone groups is 1. The van der Waals surface area contributed by atoms with Crippen molar-refractivity contribution in [2.75, 3.05) is 25.9 Å². The number of rotatable bonds is 7. The molecule has 0 bridgehead atoms. The van der Waals surface area contributed by atoms with E-state index in [1.165, 1.54) is 37.5 Å². The van der Waals surface area contributed by atoms with Gasteiger partial charge in [-0.3, -0.25) is 4.99 Å². The van der Waals surface area contributed by atoms with Crippen LogP contribution in [0.25, 0.3) is 0 Å². The summed E-state index contributed by atoms with van der Waals surface area (Å²) in [4.78, 5) is 3.86. The molecule has 2 N–H and O–H groups in total. The van der Waals surface area contributed by atoms with Crippen molar-refractivity contribution in [2.24, 2.45) is 10.4 Å². The van der Waals surface area contributed by atoms with Gasteiger partial charge in [0.05, 0.1) is 5.75 Å². The molecule has 1 fully saturated rings. The maximum absolute atomic E-state index is 13.6. The van der Waals surface area contributed by atoms with E-state index >= 15 is 0 Å². The molecule has 0 spiro atoms. The second-order valence-corrected chi connectivity index (χ2v) is 8.39. The Balaban J connectivity index is 1.84. The second-order valence-electron chi connectivity index (χ2n) is 6.31. The van der Waals surface area contributed by atoms with Gasteiger partial charge in [0.25, 0.3) is 0 Å². The van der Waals surface area contributed by atoms with Gasteiger partial charge in [-0.15, -0.1) is 0 Å². The number of guanidine groups is 1. The highest BCUT2D eigenvalue weighted by molar-refractivity contribution is 7.91. The molecule has 1 aliphatic rings. The van der Waals surface area contributed by atoms with Gasteiger partial charge in [0.1, 0.15) is 10.7 Å². The molecule has 0 unspecified atom stereocenters. The quantitative estimate of drug-likeness (QED) is 0.582. The van der Waals surface area contributed by atoms with Gasteiger partial charge in [-0.2, -0.15) is 0 Å². The number of nitrogens with zero attached hydrogens (tertiary/aromatic N) is 1. The van der Waals surface area contributed by atoms with Gasteiger partial charge in [0.2, 0.25) is 0 Å². The Morgan fingerprint density at radius 2 is 2.00 bits per heavy atom. The predicted molar refractivity (Wildman–Crippen MR) is 94.4 cm³/mol. The first-order chi connectivity index (χ1) is 11.4. The van der Waals surface area contributed by atoms with Crippen LogP contribution >= 0.6 is 0 Å². The van der Waals surface area contributed by atoms with Crippen LogP contribution in [0, 0.1) is 11.2 Å². The first-order valence-electron chi connectivity index (χ1n) is 8.34. The zero-order chi connectivity index (χ0) is 17.6. The Morgan fingerprint density at radius 3 is 2.54 bits per heavy atom. The van der Waals surface area contributed by atoms with Crippen molar-refractivity contribution in [3.8, 4) is 0 Å². The molecule has 0 heterocycles. The lowest BCUT2D eigenvalue weighted by Crippen LogP contribution is -2.47. The molecule has 0 amide bonds. The van der Waals surface area contributed by atoms with Gasteiger partial charge in [0.15, 0.2) is 15.8 Å². The maximum atomic E-state index is 13.6. The van der Waals surface area contributed by atoms with Crippen molar-refractivity contribution in [2.45, 2.75) is 37.5 Å². The molecule has 1 aliphatic carbocycles. The Labute approximate surface area is 143 Å². The minimum Gasteiger partial charge on any atom is -0.356 e. The molecule has 2 rings (SSSR count). The number of nitrogens with one attached hydrogen (secondary N) is 2. The smallest absolute Gasteiger partial charge is 0.191 e. The molecule has 0 aromatic heterocycles. The van der Waals surface area contributed by atoms with E-state index in [-0.39, 0.29) is 17.2 Å². The number of hydrogen-bond acceptors (Lipinski definition) is 3. The van der Waals surface area contributed by atoms with Crippen LogP contribution in [-0.2, 0) is 9.84 Å². The van der Waals surface area contributed by atoms with Crippen LogP contribution in [0.4, 0.5) is 4.39 Å². The monoisotopic (exact) mass is 355 g/mol. The van der Waals surface area contributed by atoms with E-state index in [4.69, 9.17) is 0 Å². The summed E-state index contributed by atoms with van der Waals surface area (Å²) in [5.41, 5.74) is 0.344. The minimum absolute atomic E-state index is 0.176. The summed E-state index contributed by atoms with van der Waals surface area (Å²) in [6, 6.07) is 5.44. The van der Waals surface area contributed by atoms with Crippen molar-refractivity contribution >= 4 is 15.8 Å². The first kappa shape index (κ1) is 18.7. The zero-order valence-electron chi connectivity index (χ0n) is 14.3. The normalized spacial score (nSPS) is 17.2. The fourth-order valence-electron chi connectivity index (χ4n) is 2.93. The van der Waals surface area contributed by atoms with Gasteiger partial charge in [-0.1, -0.05) is 25.5 Å². The largest absolute Gasteiger partial charge is 0.356 e. The van der Waals surface area contributed by atoms with Crippen molar-refractivity contribution in [1.29, 1.82) is 0 Å². The Hall–Kier alpha value is -1.63. The van der Waals surface area contributed by atoms with Crippen LogP contribution in [0.15, 0.2) is 34.2 Å². The topological polar surface area (TPSA) is 70.6 Å². The van der Waals surface area contributed by atoms with Gasteiger partial charge < -0.3 is 10.6 Å². The van der Waals surface area contributed by atoms with E-state index < -0.39 is 15.7 Å². The highest BCUT2D eigenvalue weighted by Crippen LogP contribution is 2.42. The van der Waals surface area contributed by atoms with E-state index in [2.05, 4.69) is 22.5 Å². The summed E-state index contributed by atoms with van der Waals surface area (Å²) in [6.45, 7) is 3.21. The fraction of sp³-hybridized carbons (Fsp3) is 0.588. The molecule has 1 aromatic rings. The molecular formula is C17H26FN3O2S. The highest BCUT2D eigenvalue weighted by Gasteiger charge is 2.34. The molecule has 0 aliphatic heterocycles. The van der Waals surface area contributed by atoms with Crippen molar-refractivity contribution in [1.82, 2.24) is 10.6 Å². The van der Waals surface area contributed by atoms with Crippen LogP contribution in [-0.4, -0.2) is 40.3 Å². The summed E-state index contributed by atoms with van der Waals surface area (Å²) >= 11 is 0. The molecule has 1 aromatic carbocycles.